The first-order valence-electron chi connectivity index (χ1n) is 9.87. The van der Waals surface area contributed by atoms with Gasteiger partial charge in [0.15, 0.2) is 0 Å². The van der Waals surface area contributed by atoms with Crippen LogP contribution in [0.25, 0.3) is 5.69 Å². The van der Waals surface area contributed by atoms with Crippen molar-refractivity contribution in [3.05, 3.63) is 51.4 Å². The van der Waals surface area contributed by atoms with E-state index in [1.807, 2.05) is 12.1 Å². The molecule has 5 heteroatoms. The molecule has 2 aliphatic carbocycles. The van der Waals surface area contributed by atoms with Gasteiger partial charge in [0.05, 0.1) is 17.6 Å². The van der Waals surface area contributed by atoms with Gasteiger partial charge >= 0.3 is 0 Å². The van der Waals surface area contributed by atoms with Crippen LogP contribution >= 0.6 is 11.6 Å². The predicted octanol–water partition coefficient (Wildman–Crippen LogP) is 5.29. The van der Waals surface area contributed by atoms with Crippen LogP contribution in [0.4, 0.5) is 5.69 Å². The minimum Gasteiger partial charge on any atom is -0.380 e. The van der Waals surface area contributed by atoms with E-state index in [9.17, 15) is 4.79 Å². The molecule has 1 aromatic heterocycles. The first kappa shape index (κ1) is 17.6. The average Bonchev–Trinajstić information content (AvgIpc) is 3.22. The van der Waals surface area contributed by atoms with Gasteiger partial charge in [0.25, 0.3) is 5.56 Å². The summed E-state index contributed by atoms with van der Waals surface area (Å²) >= 11 is 6.37. The zero-order valence-corrected chi connectivity index (χ0v) is 15.8. The largest absolute Gasteiger partial charge is 0.380 e. The zero-order chi connectivity index (χ0) is 17.9. The van der Waals surface area contributed by atoms with E-state index in [2.05, 4.69) is 22.5 Å². The van der Waals surface area contributed by atoms with E-state index >= 15 is 0 Å². The summed E-state index contributed by atoms with van der Waals surface area (Å²) in [7, 11) is 0. The van der Waals surface area contributed by atoms with E-state index in [0.717, 1.165) is 18.5 Å². The molecular weight excluding hydrogens is 346 g/mol. The van der Waals surface area contributed by atoms with Crippen molar-refractivity contribution < 1.29 is 0 Å². The second-order valence-corrected chi connectivity index (χ2v) is 8.02. The van der Waals surface area contributed by atoms with Crippen molar-refractivity contribution in [3.63, 3.8) is 0 Å². The van der Waals surface area contributed by atoms with Crippen LogP contribution in [0.3, 0.4) is 0 Å². The van der Waals surface area contributed by atoms with Gasteiger partial charge in [-0.15, -0.1) is 0 Å². The normalized spacial score (nSPS) is 19.0. The standard InChI is InChI=1S/C21H26ClN3O/c22-20-19(24-17-8-2-1-3-9-17)14-23-25(21(20)26)18-12-10-16(11-13-18)15-6-4-5-7-15/h10-15,17,24H,1-9H2. The minimum atomic E-state index is -0.263. The Bertz CT molecular complexity index is 803. The van der Waals surface area contributed by atoms with Crippen LogP contribution in [0.5, 0.6) is 0 Å². The van der Waals surface area contributed by atoms with E-state index in [1.54, 1.807) is 6.20 Å². The van der Waals surface area contributed by atoms with Crippen LogP contribution in [0.1, 0.15) is 69.3 Å². The summed E-state index contributed by atoms with van der Waals surface area (Å²) in [6.45, 7) is 0. The minimum absolute atomic E-state index is 0.227. The van der Waals surface area contributed by atoms with Crippen molar-refractivity contribution in [1.82, 2.24) is 9.78 Å². The zero-order valence-electron chi connectivity index (χ0n) is 15.1. The van der Waals surface area contributed by atoms with Gasteiger partial charge in [-0.1, -0.05) is 55.8 Å². The lowest BCUT2D eigenvalue weighted by Crippen LogP contribution is -2.27. The maximum Gasteiger partial charge on any atom is 0.292 e. The van der Waals surface area contributed by atoms with E-state index in [0.29, 0.717) is 17.6 Å². The molecule has 0 saturated heterocycles. The molecule has 1 heterocycles. The van der Waals surface area contributed by atoms with Gasteiger partial charge in [0.2, 0.25) is 0 Å². The van der Waals surface area contributed by atoms with Crippen LogP contribution < -0.4 is 10.9 Å². The second-order valence-electron chi connectivity index (χ2n) is 7.64. The molecule has 138 valence electrons. The molecule has 1 N–H and O–H groups in total. The molecule has 26 heavy (non-hydrogen) atoms. The number of nitrogens with zero attached hydrogens (tertiary/aromatic N) is 2. The van der Waals surface area contributed by atoms with E-state index in [4.69, 9.17) is 11.6 Å². The van der Waals surface area contributed by atoms with Crippen LogP contribution in [-0.2, 0) is 0 Å². The summed E-state index contributed by atoms with van der Waals surface area (Å²) in [5.41, 5.74) is 2.52. The SMILES string of the molecule is O=c1c(Cl)c(NC2CCCCC2)cnn1-c1ccc(C2CCCC2)cc1. The summed E-state index contributed by atoms with van der Waals surface area (Å²) in [6.07, 6.45) is 12.9. The molecule has 2 fully saturated rings. The number of hydrogen-bond acceptors (Lipinski definition) is 3. The van der Waals surface area contributed by atoms with Gasteiger partial charge in [-0.05, 0) is 49.3 Å². The van der Waals surface area contributed by atoms with Crippen molar-refractivity contribution in [3.8, 4) is 5.69 Å². The van der Waals surface area contributed by atoms with Crippen molar-refractivity contribution in [2.45, 2.75) is 69.7 Å². The highest BCUT2D eigenvalue weighted by Gasteiger charge is 2.19. The molecule has 0 bridgehead atoms. The second kappa shape index (κ2) is 7.83. The Morgan fingerprint density at radius 3 is 2.31 bits per heavy atom. The Balaban J connectivity index is 1.55. The molecule has 0 radical (unpaired) electrons. The van der Waals surface area contributed by atoms with Gasteiger partial charge in [-0.2, -0.15) is 9.78 Å². The lowest BCUT2D eigenvalue weighted by Gasteiger charge is -2.24. The number of rotatable bonds is 4. The Kier molecular flexibility index (Phi) is 5.30. The fourth-order valence-corrected chi connectivity index (χ4v) is 4.51. The van der Waals surface area contributed by atoms with Gasteiger partial charge in [-0.3, -0.25) is 4.79 Å². The Morgan fingerprint density at radius 2 is 1.62 bits per heavy atom. The van der Waals surface area contributed by atoms with Gasteiger partial charge < -0.3 is 5.32 Å². The number of nitrogens with one attached hydrogen (secondary N) is 1. The quantitative estimate of drug-likeness (QED) is 0.794. The van der Waals surface area contributed by atoms with E-state index in [-0.39, 0.29) is 10.6 Å². The molecule has 1 aromatic carbocycles. The number of anilines is 1. The van der Waals surface area contributed by atoms with Gasteiger partial charge in [0.1, 0.15) is 5.02 Å². The molecule has 0 amide bonds. The molecule has 0 spiro atoms. The maximum atomic E-state index is 12.7. The first-order chi connectivity index (χ1) is 12.7. The molecule has 0 atom stereocenters. The molecule has 2 saturated carbocycles. The average molecular weight is 372 g/mol. The lowest BCUT2D eigenvalue weighted by molar-refractivity contribution is 0.462. The molecule has 0 unspecified atom stereocenters. The molecule has 4 nitrogen and oxygen atoms in total. The van der Waals surface area contributed by atoms with Crippen molar-refractivity contribution >= 4 is 17.3 Å². The van der Waals surface area contributed by atoms with Crippen molar-refractivity contribution in [2.75, 3.05) is 5.32 Å². The van der Waals surface area contributed by atoms with E-state index in [1.165, 1.54) is 55.2 Å². The van der Waals surface area contributed by atoms with Crippen LogP contribution in [0.2, 0.25) is 5.02 Å². The highest BCUT2D eigenvalue weighted by Crippen LogP contribution is 2.34. The smallest absolute Gasteiger partial charge is 0.292 e. The predicted molar refractivity (Wildman–Crippen MR) is 107 cm³/mol. The van der Waals surface area contributed by atoms with Crippen LogP contribution in [0, 0.1) is 0 Å². The molecule has 2 aliphatic rings. The van der Waals surface area contributed by atoms with Gasteiger partial charge in [0, 0.05) is 6.04 Å². The van der Waals surface area contributed by atoms with Gasteiger partial charge in [-0.25, -0.2) is 0 Å². The summed E-state index contributed by atoms with van der Waals surface area (Å²) in [5, 5.41) is 7.99. The summed E-state index contributed by atoms with van der Waals surface area (Å²) in [5.74, 6) is 0.666. The lowest BCUT2D eigenvalue weighted by atomic mass is 9.95. The fourth-order valence-electron chi connectivity index (χ4n) is 4.33. The molecule has 4 rings (SSSR count). The highest BCUT2D eigenvalue weighted by atomic mass is 35.5. The third kappa shape index (κ3) is 3.66. The monoisotopic (exact) mass is 371 g/mol. The maximum absolute atomic E-state index is 12.7. The Hall–Kier alpha value is -1.81. The van der Waals surface area contributed by atoms with Crippen molar-refractivity contribution in [1.29, 1.82) is 0 Å². The van der Waals surface area contributed by atoms with Crippen molar-refractivity contribution in [2.24, 2.45) is 0 Å². The third-order valence-corrected chi connectivity index (χ3v) is 6.21. The topological polar surface area (TPSA) is 46.9 Å². The summed E-state index contributed by atoms with van der Waals surface area (Å²) < 4.78 is 1.40. The number of benzene rings is 1. The number of halogens is 1. The first-order valence-corrected chi connectivity index (χ1v) is 10.2. The molecular formula is C21H26ClN3O. The van der Waals surface area contributed by atoms with Crippen LogP contribution in [-0.4, -0.2) is 15.8 Å². The van der Waals surface area contributed by atoms with E-state index < -0.39 is 0 Å². The molecule has 2 aromatic rings. The number of aromatic nitrogens is 2. The van der Waals surface area contributed by atoms with Crippen LogP contribution in [0.15, 0.2) is 35.3 Å². The third-order valence-electron chi connectivity index (χ3n) is 5.85. The number of hydrogen-bond donors (Lipinski definition) is 1. The molecule has 0 aliphatic heterocycles. The summed E-state index contributed by atoms with van der Waals surface area (Å²) in [6, 6.07) is 8.60. The Morgan fingerprint density at radius 1 is 0.962 bits per heavy atom. The highest BCUT2D eigenvalue weighted by molar-refractivity contribution is 6.32. The summed E-state index contributed by atoms with van der Waals surface area (Å²) in [4.78, 5) is 12.7. The fraction of sp³-hybridized carbons (Fsp3) is 0.524. The Labute approximate surface area is 159 Å².